The van der Waals surface area contributed by atoms with Gasteiger partial charge < -0.3 is 14.6 Å². The first-order chi connectivity index (χ1) is 11.2. The number of hydrogen-bond acceptors (Lipinski definition) is 2. The fourth-order valence-electron chi connectivity index (χ4n) is 3.11. The molecule has 3 aromatic rings. The van der Waals surface area contributed by atoms with E-state index in [0.717, 1.165) is 17.6 Å². The summed E-state index contributed by atoms with van der Waals surface area (Å²) in [6.45, 7) is 3.67. The average molecular weight is 308 g/mol. The minimum absolute atomic E-state index is 0.0925. The number of nitrogens with zero attached hydrogens (tertiary/aromatic N) is 2. The van der Waals surface area contributed by atoms with Crippen molar-refractivity contribution in [1.29, 1.82) is 0 Å². The van der Waals surface area contributed by atoms with Gasteiger partial charge in [0, 0.05) is 18.3 Å². The highest BCUT2D eigenvalue weighted by Crippen LogP contribution is 2.28. The highest BCUT2D eigenvalue weighted by molar-refractivity contribution is 5.80. The molecule has 0 bridgehead atoms. The molecule has 0 saturated carbocycles. The van der Waals surface area contributed by atoms with Crippen LogP contribution in [-0.4, -0.2) is 40.8 Å². The summed E-state index contributed by atoms with van der Waals surface area (Å²) in [6.07, 6.45) is 1.61. The molecule has 120 valence electrons. The fraction of sp³-hybridized carbons (Fsp3) is 0.300. The maximum absolute atomic E-state index is 10.9. The minimum atomic E-state index is -0.474. The molecule has 1 N–H and O–H groups in total. The summed E-state index contributed by atoms with van der Waals surface area (Å²) in [5, 5.41) is 12.1. The molecular weight excluding hydrogens is 284 g/mol. The normalized spacial score (nSPS) is 14.3. The van der Waals surface area contributed by atoms with Crippen molar-refractivity contribution in [2.24, 2.45) is 0 Å². The van der Waals surface area contributed by atoms with Crippen molar-refractivity contribution in [3.63, 3.8) is 0 Å². The highest BCUT2D eigenvalue weighted by atomic mass is 16.3. The van der Waals surface area contributed by atoms with Crippen LogP contribution in [0.1, 0.15) is 18.5 Å². The number of hydrogen-bond donors (Lipinski definition) is 1. The summed E-state index contributed by atoms with van der Waals surface area (Å²) in [4.78, 5) is 2.15. The van der Waals surface area contributed by atoms with Crippen LogP contribution >= 0.6 is 0 Å². The van der Waals surface area contributed by atoms with Crippen LogP contribution in [0.4, 0.5) is 0 Å². The maximum atomic E-state index is 10.9. The Labute approximate surface area is 137 Å². The van der Waals surface area contributed by atoms with Gasteiger partial charge in [-0.1, -0.05) is 55.5 Å². The van der Waals surface area contributed by atoms with Gasteiger partial charge in [-0.3, -0.25) is 0 Å². The van der Waals surface area contributed by atoms with Crippen LogP contribution in [0.2, 0.25) is 0 Å². The number of fused-ring (bicyclic) bond motifs is 1. The largest absolute Gasteiger partial charge is 0.389 e. The van der Waals surface area contributed by atoms with E-state index in [2.05, 4.69) is 52.9 Å². The molecule has 0 amide bonds. The molecule has 0 fully saturated rings. The number of aromatic nitrogens is 1. The van der Waals surface area contributed by atoms with Crippen molar-refractivity contribution in [2.45, 2.75) is 19.1 Å². The van der Waals surface area contributed by atoms with E-state index in [-0.39, 0.29) is 6.04 Å². The van der Waals surface area contributed by atoms with Crippen LogP contribution in [0.25, 0.3) is 10.9 Å². The summed E-state index contributed by atoms with van der Waals surface area (Å²) in [7, 11) is 2.04. The Morgan fingerprint density at radius 1 is 1.00 bits per heavy atom. The van der Waals surface area contributed by atoms with Crippen molar-refractivity contribution >= 4 is 10.9 Å². The van der Waals surface area contributed by atoms with Crippen molar-refractivity contribution in [3.8, 4) is 0 Å². The summed E-state index contributed by atoms with van der Waals surface area (Å²) in [6, 6.07) is 20.6. The van der Waals surface area contributed by atoms with Crippen molar-refractivity contribution in [1.82, 2.24) is 9.47 Å². The van der Waals surface area contributed by atoms with E-state index < -0.39 is 6.10 Å². The lowest BCUT2D eigenvalue weighted by Gasteiger charge is -2.29. The molecule has 0 aliphatic carbocycles. The van der Waals surface area contributed by atoms with Gasteiger partial charge in [0.1, 0.15) is 0 Å². The molecule has 0 aliphatic rings. The fourth-order valence-corrected chi connectivity index (χ4v) is 3.11. The zero-order chi connectivity index (χ0) is 16.2. The molecule has 0 radical (unpaired) electrons. The second-order valence-electron chi connectivity index (χ2n) is 6.06. The zero-order valence-electron chi connectivity index (χ0n) is 13.8. The molecule has 0 unspecified atom stereocenters. The predicted octanol–water partition coefficient (Wildman–Crippen LogP) is 3.54. The van der Waals surface area contributed by atoms with Crippen LogP contribution in [0, 0.1) is 0 Å². The Hall–Kier alpha value is -2.10. The quantitative estimate of drug-likeness (QED) is 0.754. The summed E-state index contributed by atoms with van der Waals surface area (Å²) < 4.78 is 2.19. The molecule has 23 heavy (non-hydrogen) atoms. The Bertz CT molecular complexity index is 750. The molecule has 0 aliphatic heterocycles. The van der Waals surface area contributed by atoms with Crippen molar-refractivity contribution in [2.75, 3.05) is 20.1 Å². The molecule has 1 aromatic heterocycles. The first-order valence-corrected chi connectivity index (χ1v) is 8.18. The number of likely N-dealkylation sites (N-methyl/N-ethyl adjacent to an activating group) is 1. The molecule has 2 aromatic carbocycles. The van der Waals surface area contributed by atoms with Gasteiger partial charge in [0.15, 0.2) is 0 Å². The Kier molecular flexibility index (Phi) is 4.79. The second-order valence-corrected chi connectivity index (χ2v) is 6.06. The summed E-state index contributed by atoms with van der Waals surface area (Å²) in [5.74, 6) is 0. The van der Waals surface area contributed by atoms with Crippen LogP contribution in [0.15, 0.2) is 66.9 Å². The maximum Gasteiger partial charge on any atom is 0.0915 e. The Morgan fingerprint density at radius 3 is 2.43 bits per heavy atom. The highest BCUT2D eigenvalue weighted by Gasteiger charge is 2.24. The van der Waals surface area contributed by atoms with Crippen LogP contribution in [-0.2, 0) is 0 Å². The van der Waals surface area contributed by atoms with Gasteiger partial charge in [0.2, 0.25) is 0 Å². The third-order valence-corrected chi connectivity index (χ3v) is 4.47. The first kappa shape index (κ1) is 15.8. The molecule has 3 rings (SSSR count). The lowest BCUT2D eigenvalue weighted by Crippen LogP contribution is -2.36. The molecule has 2 atom stereocenters. The van der Waals surface area contributed by atoms with Crippen LogP contribution in [0.5, 0.6) is 0 Å². The Morgan fingerprint density at radius 2 is 1.70 bits per heavy atom. The van der Waals surface area contributed by atoms with Gasteiger partial charge in [-0.05, 0) is 36.7 Å². The van der Waals surface area contributed by atoms with E-state index in [9.17, 15) is 5.11 Å². The third-order valence-electron chi connectivity index (χ3n) is 4.47. The lowest BCUT2D eigenvalue weighted by atomic mass is 10.0. The number of rotatable bonds is 6. The molecule has 1 heterocycles. The average Bonchev–Trinajstić information content (AvgIpc) is 3.00. The Balaban J connectivity index is 2.05. The topological polar surface area (TPSA) is 28.4 Å². The molecule has 3 heteroatoms. The smallest absolute Gasteiger partial charge is 0.0915 e. The van der Waals surface area contributed by atoms with E-state index in [1.807, 2.05) is 37.4 Å². The van der Waals surface area contributed by atoms with Gasteiger partial charge in [0.25, 0.3) is 0 Å². The predicted molar refractivity (Wildman–Crippen MR) is 95.7 cm³/mol. The van der Waals surface area contributed by atoms with Crippen molar-refractivity contribution in [3.05, 3.63) is 72.4 Å². The summed E-state index contributed by atoms with van der Waals surface area (Å²) in [5.41, 5.74) is 2.28. The molecule has 3 nitrogen and oxygen atoms in total. The molecule has 0 saturated heterocycles. The number of benzene rings is 2. The third kappa shape index (κ3) is 3.31. The monoisotopic (exact) mass is 308 g/mol. The van der Waals surface area contributed by atoms with E-state index in [4.69, 9.17) is 0 Å². The van der Waals surface area contributed by atoms with Gasteiger partial charge in [-0.15, -0.1) is 0 Å². The van der Waals surface area contributed by atoms with Crippen molar-refractivity contribution < 1.29 is 5.11 Å². The van der Waals surface area contributed by atoms with E-state index >= 15 is 0 Å². The number of aliphatic hydroxyl groups excluding tert-OH is 1. The van der Waals surface area contributed by atoms with Gasteiger partial charge in [-0.25, -0.2) is 0 Å². The standard InChI is InChI=1S/C20H24N2O/c1-3-21(2)15-19(23)20(17-10-5-4-6-11-17)22-14-13-16-9-7-8-12-18(16)22/h4-14,19-20,23H,3,15H2,1-2H3/t19-,20+/m0/s1. The lowest BCUT2D eigenvalue weighted by molar-refractivity contribution is 0.0940. The number of aliphatic hydroxyl groups is 1. The van der Waals surface area contributed by atoms with Gasteiger partial charge in [0.05, 0.1) is 12.1 Å². The van der Waals surface area contributed by atoms with E-state index in [1.165, 1.54) is 5.39 Å². The molecular formula is C20H24N2O. The van der Waals surface area contributed by atoms with E-state index in [1.54, 1.807) is 0 Å². The second kappa shape index (κ2) is 6.99. The van der Waals surface area contributed by atoms with Gasteiger partial charge >= 0.3 is 0 Å². The van der Waals surface area contributed by atoms with E-state index in [0.29, 0.717) is 6.54 Å². The van der Waals surface area contributed by atoms with Crippen LogP contribution in [0.3, 0.4) is 0 Å². The summed E-state index contributed by atoms with van der Waals surface area (Å²) >= 11 is 0. The number of para-hydroxylation sites is 1. The van der Waals surface area contributed by atoms with Crippen LogP contribution < -0.4 is 0 Å². The molecule has 0 spiro atoms. The minimum Gasteiger partial charge on any atom is -0.389 e. The zero-order valence-corrected chi connectivity index (χ0v) is 13.8. The SMILES string of the molecule is CCN(C)C[C@H](O)[C@@H](c1ccccc1)n1ccc2ccccc21. The first-order valence-electron chi connectivity index (χ1n) is 8.18. The van der Waals surface area contributed by atoms with Gasteiger partial charge in [-0.2, -0.15) is 0 Å².